The molecule has 1 aliphatic rings. The highest BCUT2D eigenvalue weighted by molar-refractivity contribution is 5.67. The van der Waals surface area contributed by atoms with E-state index >= 15 is 8.78 Å². The van der Waals surface area contributed by atoms with Crippen molar-refractivity contribution in [1.29, 1.82) is 0 Å². The molecule has 5 rings (SSSR count). The Hall–Kier alpha value is -4.61. The first-order chi connectivity index (χ1) is 28.6. The van der Waals surface area contributed by atoms with Crippen molar-refractivity contribution < 1.29 is 51.5 Å². The molecule has 59 heavy (non-hydrogen) atoms. The molecule has 1 aromatic heterocycles. The van der Waals surface area contributed by atoms with Gasteiger partial charge in [-0.05, 0) is 37.5 Å². The van der Waals surface area contributed by atoms with Gasteiger partial charge in [0.25, 0.3) is 0 Å². The number of alkyl carbamates (subject to hydrolysis) is 1. The van der Waals surface area contributed by atoms with Gasteiger partial charge in [0.05, 0.1) is 84.5 Å². The van der Waals surface area contributed by atoms with Gasteiger partial charge >= 0.3 is 12.0 Å². The molecular weight excluding hydrogens is 766 g/mol. The predicted octanol–water partition coefficient (Wildman–Crippen LogP) is 6.71. The van der Waals surface area contributed by atoms with Gasteiger partial charge in [0, 0.05) is 6.54 Å². The maximum Gasteiger partial charge on any atom is 0.407 e. The van der Waals surface area contributed by atoms with Gasteiger partial charge in [0.2, 0.25) is 0 Å². The molecule has 4 aromatic rings. The lowest BCUT2D eigenvalue weighted by atomic mass is 9.97. The van der Waals surface area contributed by atoms with Gasteiger partial charge in [-0.3, -0.25) is 4.98 Å². The number of carbonyl (C=O) groups is 1. The highest BCUT2D eigenvalue weighted by Crippen LogP contribution is 2.29. The molecule has 13 nitrogen and oxygen atoms in total. The number of ether oxygens (including phenoxy) is 8. The summed E-state index contributed by atoms with van der Waals surface area (Å²) in [5, 5.41) is 5.85. The van der Waals surface area contributed by atoms with E-state index in [1.807, 2.05) is 91.0 Å². The SMILES string of the molecule is CC(C)(C)OC(=O)NCCOCCOCCOCC(F)(F)c1cncc(N[C@H]2CO[C@H](COCc3ccccc3)[C@H](OCc3ccccc3)[C@@H]2OCc2ccccc2)n1. The molecule has 0 saturated carbocycles. The molecular formula is C44H56F2N4O9. The van der Waals surface area contributed by atoms with Crippen LogP contribution in [0.4, 0.5) is 19.4 Å². The van der Waals surface area contributed by atoms with E-state index in [-0.39, 0.29) is 71.8 Å². The summed E-state index contributed by atoms with van der Waals surface area (Å²) in [5.41, 5.74) is 1.82. The Labute approximate surface area is 345 Å². The number of benzene rings is 3. The number of alkyl halides is 2. The van der Waals surface area contributed by atoms with Crippen molar-refractivity contribution in [2.45, 2.75) is 76.5 Å². The molecule has 0 unspecified atom stereocenters. The molecule has 2 N–H and O–H groups in total. The van der Waals surface area contributed by atoms with Crippen molar-refractivity contribution in [2.75, 3.05) is 64.7 Å². The zero-order valence-electron chi connectivity index (χ0n) is 33.9. The van der Waals surface area contributed by atoms with Gasteiger partial charge in [-0.2, -0.15) is 8.78 Å². The summed E-state index contributed by atoms with van der Waals surface area (Å²) < 4.78 is 77.7. The van der Waals surface area contributed by atoms with E-state index in [1.165, 1.54) is 6.20 Å². The van der Waals surface area contributed by atoms with Crippen LogP contribution in [0.5, 0.6) is 0 Å². The van der Waals surface area contributed by atoms with Crippen LogP contribution in [0.2, 0.25) is 0 Å². The highest BCUT2D eigenvalue weighted by atomic mass is 19.3. The fraction of sp³-hybridized carbons (Fsp3) is 0.477. The molecule has 15 heteroatoms. The second-order valence-electron chi connectivity index (χ2n) is 14.8. The van der Waals surface area contributed by atoms with E-state index in [2.05, 4.69) is 20.6 Å². The number of aromatic nitrogens is 2. The number of nitrogens with one attached hydrogen (secondary N) is 2. The molecule has 0 radical (unpaired) electrons. The normalized spacial score (nSPS) is 18.3. The van der Waals surface area contributed by atoms with Crippen molar-refractivity contribution in [3.8, 4) is 0 Å². The van der Waals surface area contributed by atoms with Crippen LogP contribution in [0, 0.1) is 0 Å². The van der Waals surface area contributed by atoms with Crippen LogP contribution in [0.25, 0.3) is 0 Å². The standard InChI is InChI=1S/C44H56F2N4O9/c1-43(2,3)59-42(51)48-19-20-52-21-22-53-23-24-54-32-44(45,46)38-25-47-26-39(50-38)49-36-30-56-37(31-55-27-33-13-7-4-8-14-33)41(58-29-35-17-11-6-12-18-35)40(36)57-28-34-15-9-5-10-16-34/h4-18,25-26,36-37,40-41H,19-24,27-32H2,1-3H3,(H,48,51)(H,49,50)/t36-,37+,40+,41-/m0/s1. The van der Waals surface area contributed by atoms with Gasteiger partial charge in [0.15, 0.2) is 0 Å². The van der Waals surface area contributed by atoms with Crippen molar-refractivity contribution in [3.63, 3.8) is 0 Å². The Morgan fingerprint density at radius 1 is 0.729 bits per heavy atom. The lowest BCUT2D eigenvalue weighted by Crippen LogP contribution is -2.59. The summed E-state index contributed by atoms with van der Waals surface area (Å²) in [5.74, 6) is -3.32. The third kappa shape index (κ3) is 16.5. The quantitative estimate of drug-likeness (QED) is 0.0727. The minimum absolute atomic E-state index is 0.0679. The predicted molar refractivity (Wildman–Crippen MR) is 216 cm³/mol. The summed E-state index contributed by atoms with van der Waals surface area (Å²) in [4.78, 5) is 20.0. The monoisotopic (exact) mass is 822 g/mol. The van der Waals surface area contributed by atoms with Crippen molar-refractivity contribution in [1.82, 2.24) is 15.3 Å². The Balaban J connectivity index is 1.15. The van der Waals surface area contributed by atoms with Gasteiger partial charge < -0.3 is 48.5 Å². The maximum absolute atomic E-state index is 15.4. The van der Waals surface area contributed by atoms with E-state index < -0.39 is 54.3 Å². The molecule has 1 fully saturated rings. The number of anilines is 1. The molecule has 1 amide bonds. The van der Waals surface area contributed by atoms with Crippen LogP contribution < -0.4 is 10.6 Å². The van der Waals surface area contributed by atoms with Gasteiger partial charge in [-0.1, -0.05) is 91.0 Å². The first kappa shape index (κ1) is 45.5. The summed E-state index contributed by atoms with van der Waals surface area (Å²) in [6, 6.07) is 28.8. The Morgan fingerprint density at radius 3 is 1.90 bits per heavy atom. The average molecular weight is 823 g/mol. The second kappa shape index (κ2) is 23.8. The lowest BCUT2D eigenvalue weighted by Gasteiger charge is -2.42. The van der Waals surface area contributed by atoms with Gasteiger partial charge in [0.1, 0.15) is 42.0 Å². The van der Waals surface area contributed by atoms with Gasteiger partial charge in [-0.15, -0.1) is 0 Å². The third-order valence-corrected chi connectivity index (χ3v) is 8.83. The van der Waals surface area contributed by atoms with E-state index in [4.69, 9.17) is 37.9 Å². The van der Waals surface area contributed by atoms with E-state index in [9.17, 15) is 4.79 Å². The minimum atomic E-state index is -3.44. The Kier molecular flexibility index (Phi) is 18.4. The number of nitrogens with zero attached hydrogens (tertiary/aromatic N) is 2. The molecule has 1 saturated heterocycles. The highest BCUT2D eigenvalue weighted by Gasteiger charge is 2.43. The average Bonchev–Trinajstić information content (AvgIpc) is 3.22. The number of amides is 1. The Bertz CT molecular complexity index is 1770. The third-order valence-electron chi connectivity index (χ3n) is 8.83. The molecule has 320 valence electrons. The zero-order valence-corrected chi connectivity index (χ0v) is 33.9. The van der Waals surface area contributed by atoms with Crippen LogP contribution >= 0.6 is 0 Å². The smallest absolute Gasteiger partial charge is 0.407 e. The molecule has 2 heterocycles. The zero-order chi connectivity index (χ0) is 41.8. The first-order valence-electron chi connectivity index (χ1n) is 19.8. The van der Waals surface area contributed by atoms with E-state index in [0.717, 1.165) is 22.9 Å². The summed E-state index contributed by atoms with van der Waals surface area (Å²) in [7, 11) is 0. The molecule has 0 spiro atoms. The van der Waals surface area contributed by atoms with Crippen LogP contribution in [-0.4, -0.2) is 105 Å². The summed E-state index contributed by atoms with van der Waals surface area (Å²) in [6.07, 6.45) is 0.170. The maximum atomic E-state index is 15.4. The molecule has 3 aromatic carbocycles. The number of halogens is 2. The van der Waals surface area contributed by atoms with Crippen LogP contribution in [0.3, 0.4) is 0 Å². The topological polar surface area (TPSA) is 141 Å². The van der Waals surface area contributed by atoms with E-state index in [1.54, 1.807) is 20.8 Å². The largest absolute Gasteiger partial charge is 0.444 e. The first-order valence-corrected chi connectivity index (χ1v) is 19.8. The molecule has 1 aliphatic heterocycles. The fourth-order valence-corrected chi connectivity index (χ4v) is 5.99. The lowest BCUT2D eigenvalue weighted by molar-refractivity contribution is -0.201. The second-order valence-corrected chi connectivity index (χ2v) is 14.8. The van der Waals surface area contributed by atoms with Crippen LogP contribution in [-0.2, 0) is 63.6 Å². The molecule has 0 bridgehead atoms. The summed E-state index contributed by atoms with van der Waals surface area (Å²) in [6.45, 7) is 6.81. The van der Waals surface area contributed by atoms with Crippen molar-refractivity contribution >= 4 is 11.9 Å². The van der Waals surface area contributed by atoms with Crippen LogP contribution in [0.15, 0.2) is 103 Å². The number of carbonyl (C=O) groups excluding carboxylic acids is 1. The number of hydrogen-bond donors (Lipinski definition) is 2. The van der Waals surface area contributed by atoms with Gasteiger partial charge in [-0.25, -0.2) is 9.78 Å². The minimum Gasteiger partial charge on any atom is -0.444 e. The van der Waals surface area contributed by atoms with Crippen molar-refractivity contribution in [3.05, 3.63) is 126 Å². The van der Waals surface area contributed by atoms with E-state index in [0.29, 0.717) is 6.61 Å². The number of rotatable bonds is 24. The van der Waals surface area contributed by atoms with Crippen LogP contribution in [0.1, 0.15) is 43.2 Å². The molecule has 4 atom stereocenters. The molecule has 0 aliphatic carbocycles. The number of hydrogen-bond acceptors (Lipinski definition) is 12. The van der Waals surface area contributed by atoms with Crippen molar-refractivity contribution in [2.24, 2.45) is 0 Å². The Morgan fingerprint density at radius 2 is 1.29 bits per heavy atom. The summed E-state index contributed by atoms with van der Waals surface area (Å²) >= 11 is 0. The fourth-order valence-electron chi connectivity index (χ4n) is 5.99.